The Morgan fingerprint density at radius 1 is 1.00 bits per heavy atom. The lowest BCUT2D eigenvalue weighted by atomic mass is 9.53. The average molecular weight is 564 g/mol. The monoisotopic (exact) mass is 563 g/mol. The number of carbonyl (C=O) groups is 1. The molecule has 1 saturated heterocycles. The van der Waals surface area contributed by atoms with E-state index >= 15 is 0 Å². The minimum Gasteiger partial charge on any atom is -0.494 e. The highest BCUT2D eigenvalue weighted by Crippen LogP contribution is 2.62. The third kappa shape index (κ3) is 5.33. The van der Waals surface area contributed by atoms with E-state index in [1.807, 2.05) is 0 Å². The Bertz CT molecular complexity index is 1120. The summed E-state index contributed by atoms with van der Waals surface area (Å²) in [6, 6.07) is 9.72. The molecular weight excluding hydrogens is 510 g/mol. The van der Waals surface area contributed by atoms with Gasteiger partial charge in [-0.05, 0) is 107 Å². The molecule has 226 valence electrons. The third-order valence-corrected chi connectivity index (χ3v) is 12.1. The minimum absolute atomic E-state index is 0.175. The van der Waals surface area contributed by atoms with Crippen molar-refractivity contribution in [3.63, 3.8) is 0 Å². The molecule has 41 heavy (non-hydrogen) atoms. The van der Waals surface area contributed by atoms with E-state index in [-0.39, 0.29) is 11.2 Å². The van der Waals surface area contributed by atoms with Gasteiger partial charge in [0.2, 0.25) is 0 Å². The van der Waals surface area contributed by atoms with Crippen molar-refractivity contribution in [1.29, 1.82) is 0 Å². The molecule has 1 heterocycles. The van der Waals surface area contributed by atoms with Crippen LogP contribution in [0.4, 0.5) is 0 Å². The number of Topliss-reactive ketones (excluding diaryl/α,β-unsaturated/α-hetero) is 1. The molecule has 1 aromatic carbocycles. The maximum absolute atomic E-state index is 13.6. The molecule has 5 nitrogen and oxygen atoms in total. The summed E-state index contributed by atoms with van der Waals surface area (Å²) in [7, 11) is 2.27. The number of carbonyl (C=O) groups excluding carboxylic acids is 1. The quantitative estimate of drug-likeness (QED) is 0.270. The van der Waals surface area contributed by atoms with Gasteiger partial charge in [0.15, 0.2) is 5.79 Å². The zero-order valence-electron chi connectivity index (χ0n) is 26.1. The molecule has 0 bridgehead atoms. The van der Waals surface area contributed by atoms with Crippen LogP contribution in [-0.4, -0.2) is 49.4 Å². The van der Waals surface area contributed by atoms with Gasteiger partial charge in [0.05, 0.1) is 19.8 Å². The van der Waals surface area contributed by atoms with Crippen LogP contribution in [0, 0.1) is 23.2 Å². The van der Waals surface area contributed by atoms with Gasteiger partial charge in [-0.15, -0.1) is 0 Å². The van der Waals surface area contributed by atoms with E-state index in [2.05, 4.69) is 57.0 Å². The Hall–Kier alpha value is -1.69. The molecule has 0 amide bonds. The maximum Gasteiger partial charge on any atom is 0.172 e. The summed E-state index contributed by atoms with van der Waals surface area (Å²) in [5.74, 6) is 2.98. The molecule has 3 fully saturated rings. The molecule has 0 radical (unpaired) electrons. The molecule has 4 aliphatic carbocycles. The predicted molar refractivity (Wildman–Crippen MR) is 163 cm³/mol. The van der Waals surface area contributed by atoms with Crippen molar-refractivity contribution in [2.24, 2.45) is 23.2 Å². The van der Waals surface area contributed by atoms with Crippen molar-refractivity contribution < 1.29 is 19.0 Å². The van der Waals surface area contributed by atoms with Gasteiger partial charge < -0.3 is 14.2 Å². The molecule has 6 rings (SSSR count). The van der Waals surface area contributed by atoms with E-state index in [0.29, 0.717) is 42.2 Å². The molecule has 5 heteroatoms. The van der Waals surface area contributed by atoms with Crippen LogP contribution in [0.1, 0.15) is 116 Å². The fourth-order valence-electron chi connectivity index (χ4n) is 10.0. The van der Waals surface area contributed by atoms with Crippen molar-refractivity contribution >= 4 is 5.78 Å². The van der Waals surface area contributed by atoms with Crippen molar-refractivity contribution in [2.45, 2.75) is 122 Å². The van der Waals surface area contributed by atoms with Crippen molar-refractivity contribution in [3.8, 4) is 5.75 Å². The van der Waals surface area contributed by atoms with Crippen LogP contribution in [0.3, 0.4) is 0 Å². The number of fused-ring (bicyclic) bond motifs is 4. The summed E-state index contributed by atoms with van der Waals surface area (Å²) in [5.41, 5.74) is 4.50. The summed E-state index contributed by atoms with van der Waals surface area (Å²) in [6.45, 7) is 8.96. The Morgan fingerprint density at radius 3 is 2.56 bits per heavy atom. The summed E-state index contributed by atoms with van der Waals surface area (Å²) in [6.07, 6.45) is 13.8. The largest absolute Gasteiger partial charge is 0.494 e. The normalized spacial score (nSPS) is 31.5. The highest BCUT2D eigenvalue weighted by molar-refractivity contribution is 5.87. The third-order valence-electron chi connectivity index (χ3n) is 12.1. The molecular formula is C36H53NO4. The first kappa shape index (κ1) is 29.4. The Balaban J connectivity index is 1.12. The molecule has 1 spiro atoms. The van der Waals surface area contributed by atoms with E-state index in [4.69, 9.17) is 14.2 Å². The standard InChI is InChI=1S/C36H53NO4/c1-5-27(6-2)37(4)33(7-3)25-9-8-10-28(23-25)39-20-19-35-17-15-30-29-16-18-36(40-21-22-41-36)24-26(29)11-12-31(30)32(35)13-14-34(35)38/h8-10,23,27,30-33H,5-7,11-22,24H2,1-4H3/t30?,31?,32?,33?,35-/m1/s1. The van der Waals surface area contributed by atoms with Crippen LogP contribution in [-0.2, 0) is 14.3 Å². The van der Waals surface area contributed by atoms with Crippen LogP contribution < -0.4 is 4.74 Å². The Labute approximate surface area is 248 Å². The van der Waals surface area contributed by atoms with Gasteiger partial charge in [0.25, 0.3) is 0 Å². The van der Waals surface area contributed by atoms with Crippen LogP contribution in [0.5, 0.6) is 5.75 Å². The van der Waals surface area contributed by atoms with Gasteiger partial charge in [-0.25, -0.2) is 0 Å². The summed E-state index contributed by atoms with van der Waals surface area (Å²) in [4.78, 5) is 16.1. The van der Waals surface area contributed by atoms with E-state index in [0.717, 1.165) is 76.8 Å². The smallest absolute Gasteiger partial charge is 0.172 e. The second-order valence-corrected chi connectivity index (χ2v) is 13.7. The molecule has 0 N–H and O–H groups in total. The lowest BCUT2D eigenvalue weighted by molar-refractivity contribution is -0.166. The van der Waals surface area contributed by atoms with Gasteiger partial charge in [-0.3, -0.25) is 9.69 Å². The lowest BCUT2D eigenvalue weighted by Crippen LogP contribution is -2.47. The van der Waals surface area contributed by atoms with E-state index in [1.165, 1.54) is 31.2 Å². The summed E-state index contributed by atoms with van der Waals surface area (Å²) in [5, 5.41) is 0. The molecule has 4 unspecified atom stereocenters. The van der Waals surface area contributed by atoms with E-state index in [9.17, 15) is 4.79 Å². The molecule has 0 aromatic heterocycles. The number of rotatable bonds is 10. The minimum atomic E-state index is -0.331. The number of ether oxygens (including phenoxy) is 3. The number of nitrogens with zero attached hydrogens (tertiary/aromatic N) is 1. The van der Waals surface area contributed by atoms with Crippen molar-refractivity contribution in [2.75, 3.05) is 26.9 Å². The zero-order chi connectivity index (χ0) is 28.6. The fourth-order valence-corrected chi connectivity index (χ4v) is 10.0. The molecule has 1 aliphatic heterocycles. The number of benzene rings is 1. The second-order valence-electron chi connectivity index (χ2n) is 13.7. The highest BCUT2D eigenvalue weighted by atomic mass is 16.7. The Morgan fingerprint density at radius 2 is 1.80 bits per heavy atom. The summed E-state index contributed by atoms with van der Waals surface area (Å²) < 4.78 is 18.6. The molecule has 2 saturated carbocycles. The maximum atomic E-state index is 13.6. The highest BCUT2D eigenvalue weighted by Gasteiger charge is 2.58. The number of ketones is 1. The zero-order valence-corrected chi connectivity index (χ0v) is 26.1. The average Bonchev–Trinajstić information content (AvgIpc) is 3.58. The molecule has 1 aromatic rings. The Kier molecular flexibility index (Phi) is 8.69. The predicted octanol–water partition coefficient (Wildman–Crippen LogP) is 8.04. The first-order chi connectivity index (χ1) is 19.9. The number of allylic oxidation sites excluding steroid dienone is 1. The van der Waals surface area contributed by atoms with Gasteiger partial charge in [0.1, 0.15) is 11.5 Å². The lowest BCUT2D eigenvalue weighted by Gasteiger charge is -2.52. The SMILES string of the molecule is CCC(CC)N(C)C(CC)c1cccc(OCC[C@]23CCC4C5=C(CCC4C2CCC3=O)CC2(CC5)OCCO2)c1. The first-order valence-corrected chi connectivity index (χ1v) is 16.9. The van der Waals surface area contributed by atoms with Gasteiger partial charge in [-0.1, -0.05) is 44.1 Å². The van der Waals surface area contributed by atoms with Gasteiger partial charge in [0, 0.05) is 36.8 Å². The van der Waals surface area contributed by atoms with Crippen LogP contribution in [0.25, 0.3) is 0 Å². The second kappa shape index (κ2) is 12.1. The van der Waals surface area contributed by atoms with E-state index in [1.54, 1.807) is 11.1 Å². The first-order valence-electron chi connectivity index (χ1n) is 16.9. The number of hydrogen-bond donors (Lipinski definition) is 0. The van der Waals surface area contributed by atoms with Gasteiger partial charge >= 0.3 is 0 Å². The molecule has 5 atom stereocenters. The van der Waals surface area contributed by atoms with Crippen molar-refractivity contribution in [1.82, 2.24) is 4.90 Å². The van der Waals surface area contributed by atoms with Gasteiger partial charge in [-0.2, -0.15) is 0 Å². The van der Waals surface area contributed by atoms with Crippen LogP contribution >= 0.6 is 0 Å². The van der Waals surface area contributed by atoms with E-state index < -0.39 is 0 Å². The summed E-state index contributed by atoms with van der Waals surface area (Å²) >= 11 is 0. The molecule has 5 aliphatic rings. The van der Waals surface area contributed by atoms with Crippen molar-refractivity contribution in [3.05, 3.63) is 41.0 Å². The fraction of sp³-hybridized carbons (Fsp3) is 0.750. The van der Waals surface area contributed by atoms with Crippen LogP contribution in [0.15, 0.2) is 35.4 Å². The topological polar surface area (TPSA) is 48.0 Å². The number of hydrogen-bond acceptors (Lipinski definition) is 5. The van der Waals surface area contributed by atoms with Crippen LogP contribution in [0.2, 0.25) is 0 Å².